The molecule has 114 valence electrons. The number of alkyl halides is 1. The molecule has 0 radical (unpaired) electrons. The molecule has 0 aliphatic heterocycles. The van der Waals surface area contributed by atoms with Gasteiger partial charge in [0, 0.05) is 5.56 Å². The molecule has 0 aliphatic carbocycles. The molecule has 0 aliphatic rings. The molecular formula is C16H24BrClO2. The summed E-state index contributed by atoms with van der Waals surface area (Å²) in [6.07, 6.45) is 4.85. The Morgan fingerprint density at radius 1 is 1.30 bits per heavy atom. The van der Waals surface area contributed by atoms with Gasteiger partial charge >= 0.3 is 0 Å². The van der Waals surface area contributed by atoms with Crippen LogP contribution in [-0.2, 0) is 5.88 Å². The van der Waals surface area contributed by atoms with Gasteiger partial charge in [0.1, 0.15) is 11.5 Å². The minimum atomic E-state index is 0.414. The van der Waals surface area contributed by atoms with Crippen molar-refractivity contribution in [2.45, 2.75) is 45.4 Å². The van der Waals surface area contributed by atoms with E-state index >= 15 is 0 Å². The SMILES string of the molecule is CCCCC(CC)COc1c(Br)cc(OC)cc1CCl. The van der Waals surface area contributed by atoms with Gasteiger partial charge in [-0.1, -0.05) is 33.1 Å². The van der Waals surface area contributed by atoms with Crippen molar-refractivity contribution >= 4 is 27.5 Å². The van der Waals surface area contributed by atoms with Crippen LogP contribution in [0.4, 0.5) is 0 Å². The maximum Gasteiger partial charge on any atom is 0.138 e. The Labute approximate surface area is 135 Å². The number of ether oxygens (including phenoxy) is 2. The Morgan fingerprint density at radius 2 is 2.05 bits per heavy atom. The Hall–Kier alpha value is -0.410. The number of rotatable bonds is 9. The lowest BCUT2D eigenvalue weighted by atomic mass is 10.0. The first-order chi connectivity index (χ1) is 9.65. The molecule has 0 amide bonds. The first-order valence-corrected chi connectivity index (χ1v) is 8.54. The van der Waals surface area contributed by atoms with Crippen molar-refractivity contribution in [2.75, 3.05) is 13.7 Å². The van der Waals surface area contributed by atoms with Crippen molar-refractivity contribution in [1.29, 1.82) is 0 Å². The number of benzene rings is 1. The van der Waals surface area contributed by atoms with E-state index in [2.05, 4.69) is 29.8 Å². The molecule has 0 aromatic heterocycles. The van der Waals surface area contributed by atoms with Crippen LogP contribution in [0.15, 0.2) is 16.6 Å². The first-order valence-electron chi connectivity index (χ1n) is 7.21. The summed E-state index contributed by atoms with van der Waals surface area (Å²) in [5.74, 6) is 2.65. The van der Waals surface area contributed by atoms with Gasteiger partial charge in [-0.25, -0.2) is 0 Å². The highest BCUT2D eigenvalue weighted by Gasteiger charge is 2.13. The predicted molar refractivity (Wildman–Crippen MR) is 89.1 cm³/mol. The monoisotopic (exact) mass is 362 g/mol. The molecule has 0 spiro atoms. The number of halogens is 2. The quantitative estimate of drug-likeness (QED) is 0.517. The van der Waals surface area contributed by atoms with E-state index in [9.17, 15) is 0 Å². The fourth-order valence-corrected chi connectivity index (χ4v) is 2.89. The van der Waals surface area contributed by atoms with Gasteiger partial charge < -0.3 is 9.47 Å². The zero-order valence-electron chi connectivity index (χ0n) is 12.5. The van der Waals surface area contributed by atoms with Gasteiger partial charge in [-0.2, -0.15) is 0 Å². The lowest BCUT2D eigenvalue weighted by Gasteiger charge is -2.18. The molecule has 0 N–H and O–H groups in total. The Morgan fingerprint density at radius 3 is 2.60 bits per heavy atom. The molecule has 0 saturated carbocycles. The zero-order chi connectivity index (χ0) is 15.0. The van der Waals surface area contributed by atoms with Crippen molar-refractivity contribution in [3.63, 3.8) is 0 Å². The number of hydrogen-bond acceptors (Lipinski definition) is 2. The molecule has 1 atom stereocenters. The summed E-state index contributed by atoms with van der Waals surface area (Å²) in [6.45, 7) is 5.18. The Kier molecular flexibility index (Phi) is 8.39. The van der Waals surface area contributed by atoms with E-state index in [4.69, 9.17) is 21.1 Å². The molecule has 2 nitrogen and oxygen atoms in total. The largest absolute Gasteiger partial charge is 0.497 e. The van der Waals surface area contributed by atoms with Gasteiger partial charge in [-0.15, -0.1) is 11.6 Å². The second-order valence-corrected chi connectivity index (χ2v) is 6.08. The number of hydrogen-bond donors (Lipinski definition) is 0. The summed E-state index contributed by atoms with van der Waals surface area (Å²) in [5.41, 5.74) is 0.961. The van der Waals surface area contributed by atoms with Crippen LogP contribution < -0.4 is 9.47 Å². The molecule has 1 unspecified atom stereocenters. The van der Waals surface area contributed by atoms with E-state index in [1.807, 2.05) is 12.1 Å². The Bertz CT molecular complexity index is 410. The molecule has 0 saturated heterocycles. The highest BCUT2D eigenvalue weighted by molar-refractivity contribution is 9.10. The average Bonchev–Trinajstić information content (AvgIpc) is 2.47. The van der Waals surface area contributed by atoms with Gasteiger partial charge in [0.15, 0.2) is 0 Å². The third kappa shape index (κ3) is 5.17. The maximum absolute atomic E-state index is 6.02. The zero-order valence-corrected chi connectivity index (χ0v) is 14.9. The molecule has 1 rings (SSSR count). The second kappa shape index (κ2) is 9.51. The van der Waals surface area contributed by atoms with Crippen LogP contribution in [0.1, 0.15) is 45.1 Å². The van der Waals surface area contributed by atoms with Gasteiger partial charge in [0.25, 0.3) is 0 Å². The Balaban J connectivity index is 2.75. The van der Waals surface area contributed by atoms with Crippen LogP contribution in [0.3, 0.4) is 0 Å². The van der Waals surface area contributed by atoms with Gasteiger partial charge in [0.2, 0.25) is 0 Å². The van der Waals surface area contributed by atoms with Crippen LogP contribution in [-0.4, -0.2) is 13.7 Å². The van der Waals surface area contributed by atoms with E-state index in [0.29, 0.717) is 11.8 Å². The van der Waals surface area contributed by atoms with Crippen LogP contribution in [0, 0.1) is 5.92 Å². The standard InChI is InChI=1S/C16H24BrClO2/c1-4-6-7-12(5-2)11-20-16-13(10-18)8-14(19-3)9-15(16)17/h8-9,12H,4-7,10-11H2,1-3H3. The molecular weight excluding hydrogens is 340 g/mol. The van der Waals surface area contributed by atoms with E-state index in [1.165, 1.54) is 19.3 Å². The molecule has 0 bridgehead atoms. The minimum absolute atomic E-state index is 0.414. The van der Waals surface area contributed by atoms with E-state index in [-0.39, 0.29) is 0 Å². The van der Waals surface area contributed by atoms with E-state index < -0.39 is 0 Å². The van der Waals surface area contributed by atoms with Gasteiger partial charge in [-0.3, -0.25) is 0 Å². The third-order valence-corrected chi connectivity index (χ3v) is 4.36. The summed E-state index contributed by atoms with van der Waals surface area (Å²) in [7, 11) is 1.65. The van der Waals surface area contributed by atoms with Crippen LogP contribution in [0.25, 0.3) is 0 Å². The van der Waals surface area contributed by atoms with E-state index in [1.54, 1.807) is 7.11 Å². The van der Waals surface area contributed by atoms with E-state index in [0.717, 1.165) is 34.6 Å². The van der Waals surface area contributed by atoms with Crippen LogP contribution >= 0.6 is 27.5 Å². The van der Waals surface area contributed by atoms with Gasteiger partial charge in [-0.05, 0) is 40.4 Å². The fourth-order valence-electron chi connectivity index (χ4n) is 2.10. The highest BCUT2D eigenvalue weighted by Crippen LogP contribution is 2.35. The van der Waals surface area contributed by atoms with Gasteiger partial charge in [0.05, 0.1) is 24.1 Å². The lowest BCUT2D eigenvalue weighted by Crippen LogP contribution is -2.12. The van der Waals surface area contributed by atoms with Crippen molar-refractivity contribution in [3.8, 4) is 11.5 Å². The number of methoxy groups -OCH3 is 1. The summed E-state index contributed by atoms with van der Waals surface area (Å²) in [5, 5.41) is 0. The normalized spacial score (nSPS) is 12.2. The van der Waals surface area contributed by atoms with Crippen molar-refractivity contribution in [2.24, 2.45) is 5.92 Å². The molecule has 0 heterocycles. The highest BCUT2D eigenvalue weighted by atomic mass is 79.9. The summed E-state index contributed by atoms with van der Waals surface area (Å²) >= 11 is 9.55. The number of unbranched alkanes of at least 4 members (excludes halogenated alkanes) is 1. The third-order valence-electron chi connectivity index (χ3n) is 3.48. The first kappa shape index (κ1) is 17.6. The summed E-state index contributed by atoms with van der Waals surface area (Å²) in [6, 6.07) is 3.85. The molecule has 1 aromatic rings. The topological polar surface area (TPSA) is 18.5 Å². The molecule has 20 heavy (non-hydrogen) atoms. The minimum Gasteiger partial charge on any atom is -0.497 e. The summed E-state index contributed by atoms with van der Waals surface area (Å²) < 4.78 is 12.2. The van der Waals surface area contributed by atoms with Crippen molar-refractivity contribution in [3.05, 3.63) is 22.2 Å². The van der Waals surface area contributed by atoms with Crippen molar-refractivity contribution < 1.29 is 9.47 Å². The van der Waals surface area contributed by atoms with Crippen LogP contribution in [0.2, 0.25) is 0 Å². The smallest absolute Gasteiger partial charge is 0.138 e. The lowest BCUT2D eigenvalue weighted by molar-refractivity contribution is 0.230. The molecule has 0 fully saturated rings. The van der Waals surface area contributed by atoms with Crippen LogP contribution in [0.5, 0.6) is 11.5 Å². The summed E-state index contributed by atoms with van der Waals surface area (Å²) in [4.78, 5) is 0. The van der Waals surface area contributed by atoms with Crippen molar-refractivity contribution in [1.82, 2.24) is 0 Å². The molecule has 1 aromatic carbocycles. The second-order valence-electron chi connectivity index (χ2n) is 4.96. The fraction of sp³-hybridized carbons (Fsp3) is 0.625. The average molecular weight is 364 g/mol. The predicted octanol–water partition coefficient (Wildman–Crippen LogP) is 5.79. The molecule has 4 heteroatoms. The maximum atomic E-state index is 6.02.